The maximum atomic E-state index is 13.0. The summed E-state index contributed by atoms with van der Waals surface area (Å²) in [6, 6.07) is 11.1. The number of nitriles is 2. The van der Waals surface area contributed by atoms with Crippen LogP contribution in [0.15, 0.2) is 35.4 Å². The summed E-state index contributed by atoms with van der Waals surface area (Å²) in [7, 11) is 4.30. The maximum absolute atomic E-state index is 13.0. The van der Waals surface area contributed by atoms with Gasteiger partial charge < -0.3 is 30.4 Å². The number of amides is 1. The minimum atomic E-state index is -1.18. The molecule has 1 heterocycles. The Labute approximate surface area is 233 Å². The van der Waals surface area contributed by atoms with Gasteiger partial charge in [0.05, 0.1) is 48.4 Å². The highest BCUT2D eigenvalue weighted by atomic mass is 35.5. The minimum absolute atomic E-state index is 0.00517. The van der Waals surface area contributed by atoms with Gasteiger partial charge in [-0.2, -0.15) is 10.5 Å². The minimum Gasteiger partial charge on any atom is -0.493 e. The number of carbonyl (C=O) groups is 2. The van der Waals surface area contributed by atoms with Crippen LogP contribution in [0.25, 0.3) is 11.1 Å². The molecule has 1 atom stereocenters. The van der Waals surface area contributed by atoms with Crippen LogP contribution in [-0.4, -0.2) is 48.5 Å². The molecule has 0 aliphatic carbocycles. The van der Waals surface area contributed by atoms with Gasteiger partial charge in [0, 0.05) is 5.56 Å². The van der Waals surface area contributed by atoms with Crippen LogP contribution in [0.5, 0.6) is 17.2 Å². The van der Waals surface area contributed by atoms with E-state index >= 15 is 0 Å². The van der Waals surface area contributed by atoms with Crippen molar-refractivity contribution in [1.82, 2.24) is 4.98 Å². The number of ether oxygens (including phenoxy) is 3. The molecule has 39 heavy (non-hydrogen) atoms. The van der Waals surface area contributed by atoms with Crippen LogP contribution in [0.1, 0.15) is 28.4 Å². The Balaban J connectivity index is 2.07. The summed E-state index contributed by atoms with van der Waals surface area (Å²) >= 11 is 7.05. The predicted molar refractivity (Wildman–Crippen MR) is 146 cm³/mol. The number of carboxylic acids is 1. The first-order valence-electron chi connectivity index (χ1n) is 11.0. The molecule has 0 fully saturated rings. The summed E-state index contributed by atoms with van der Waals surface area (Å²) in [5.74, 6) is -0.969. The summed E-state index contributed by atoms with van der Waals surface area (Å²) in [6.07, 6.45) is 0. The van der Waals surface area contributed by atoms with E-state index in [1.54, 1.807) is 19.1 Å². The third-order valence-corrected chi connectivity index (χ3v) is 6.91. The van der Waals surface area contributed by atoms with Gasteiger partial charge in [-0.1, -0.05) is 23.4 Å². The number of carbonyl (C=O) groups excluding carboxylic acids is 1. The molecule has 3 rings (SSSR count). The number of benzene rings is 2. The Morgan fingerprint density at radius 3 is 2.21 bits per heavy atom. The Bertz CT molecular complexity index is 1520. The van der Waals surface area contributed by atoms with Gasteiger partial charge in [-0.3, -0.25) is 4.79 Å². The molecule has 11 nitrogen and oxygen atoms in total. The number of methoxy groups -OCH3 is 3. The highest BCUT2D eigenvalue weighted by Gasteiger charge is 2.26. The second kappa shape index (κ2) is 12.3. The van der Waals surface area contributed by atoms with Gasteiger partial charge in [-0.25, -0.2) is 9.78 Å². The molecular weight excluding hydrogens is 546 g/mol. The number of rotatable bonds is 9. The van der Waals surface area contributed by atoms with E-state index in [4.69, 9.17) is 31.5 Å². The number of nitrogens with one attached hydrogen (secondary N) is 1. The van der Waals surface area contributed by atoms with E-state index in [1.807, 2.05) is 6.07 Å². The fraction of sp³-hybridized carbons (Fsp3) is 0.192. The standard InChI is InChI=1S/C26H22ClN5O6S/c1-12(24(33)31-18-7-13(26(34)35)5-6-17(18)27)39-25-16(11-29)21(15(10-28)23(30)32-25)14-8-19(36-2)22(38-4)20(9-14)37-3/h5-9,12H,1-4H3,(H2,30,32)(H,31,33)(H,34,35). The van der Waals surface area contributed by atoms with Crippen LogP contribution >= 0.6 is 23.4 Å². The van der Waals surface area contributed by atoms with Crippen LogP contribution in [0.4, 0.5) is 11.5 Å². The molecule has 200 valence electrons. The topological polar surface area (TPSA) is 181 Å². The normalized spacial score (nSPS) is 11.1. The third kappa shape index (κ3) is 5.93. The van der Waals surface area contributed by atoms with Crippen LogP contribution in [0, 0.1) is 22.7 Å². The second-order valence-corrected chi connectivity index (χ2v) is 9.55. The lowest BCUT2D eigenvalue weighted by Gasteiger charge is -2.18. The van der Waals surface area contributed by atoms with E-state index in [0.717, 1.165) is 11.8 Å². The summed E-state index contributed by atoms with van der Waals surface area (Å²) in [4.78, 5) is 28.5. The molecule has 0 spiro atoms. The second-order valence-electron chi connectivity index (χ2n) is 7.81. The van der Waals surface area contributed by atoms with Crippen molar-refractivity contribution in [3.8, 4) is 40.5 Å². The Kier molecular flexibility index (Phi) is 9.09. The molecule has 1 amide bonds. The SMILES string of the molecule is COc1cc(-c2c(C#N)c(N)nc(SC(C)C(=O)Nc3cc(C(=O)O)ccc3Cl)c2C#N)cc(OC)c1OC. The number of nitrogen functional groups attached to an aromatic ring is 1. The highest BCUT2D eigenvalue weighted by Crippen LogP contribution is 2.44. The maximum Gasteiger partial charge on any atom is 0.335 e. The zero-order chi connectivity index (χ0) is 28.9. The molecule has 4 N–H and O–H groups in total. The van der Waals surface area contributed by atoms with Crippen LogP contribution in [-0.2, 0) is 4.79 Å². The molecule has 0 aliphatic heterocycles. The number of thioether (sulfide) groups is 1. The smallest absolute Gasteiger partial charge is 0.335 e. The third-order valence-electron chi connectivity index (χ3n) is 5.50. The molecule has 1 aromatic heterocycles. The quantitative estimate of drug-likeness (QED) is 0.308. The fourth-order valence-corrected chi connectivity index (χ4v) is 4.69. The highest BCUT2D eigenvalue weighted by molar-refractivity contribution is 8.00. The van der Waals surface area contributed by atoms with Crippen LogP contribution in [0.3, 0.4) is 0 Å². The van der Waals surface area contributed by atoms with Crippen molar-refractivity contribution in [3.63, 3.8) is 0 Å². The number of anilines is 2. The van der Waals surface area contributed by atoms with Crippen molar-refractivity contribution in [1.29, 1.82) is 10.5 Å². The van der Waals surface area contributed by atoms with Crippen molar-refractivity contribution in [2.45, 2.75) is 17.2 Å². The van der Waals surface area contributed by atoms with Crippen molar-refractivity contribution >= 4 is 46.7 Å². The van der Waals surface area contributed by atoms with Crippen molar-refractivity contribution in [2.24, 2.45) is 0 Å². The zero-order valence-corrected chi connectivity index (χ0v) is 22.7. The molecule has 2 aromatic carbocycles. The molecular formula is C26H22ClN5O6S. The van der Waals surface area contributed by atoms with E-state index in [0.29, 0.717) is 11.3 Å². The number of halogens is 1. The lowest BCUT2D eigenvalue weighted by atomic mass is 9.96. The monoisotopic (exact) mass is 567 g/mol. The molecule has 0 bridgehead atoms. The molecule has 13 heteroatoms. The van der Waals surface area contributed by atoms with E-state index in [1.165, 1.54) is 39.5 Å². The number of hydrogen-bond donors (Lipinski definition) is 3. The van der Waals surface area contributed by atoms with Crippen LogP contribution in [0.2, 0.25) is 5.02 Å². The largest absolute Gasteiger partial charge is 0.493 e. The summed E-state index contributed by atoms with van der Waals surface area (Å²) in [6.45, 7) is 1.56. The number of nitrogens with zero attached hydrogens (tertiary/aromatic N) is 3. The molecule has 0 saturated heterocycles. The fourth-order valence-electron chi connectivity index (χ4n) is 3.61. The van der Waals surface area contributed by atoms with Gasteiger partial charge in [0.1, 0.15) is 28.5 Å². The number of carboxylic acid groups (broad SMARTS) is 1. The molecule has 3 aromatic rings. The number of nitrogens with two attached hydrogens (primary N) is 1. The van der Waals surface area contributed by atoms with Crippen molar-refractivity contribution < 1.29 is 28.9 Å². The van der Waals surface area contributed by atoms with E-state index < -0.39 is 17.1 Å². The Hall–Kier alpha value is -4.65. The van der Waals surface area contributed by atoms with E-state index in [2.05, 4.69) is 16.4 Å². The average molecular weight is 568 g/mol. The van der Waals surface area contributed by atoms with Gasteiger partial charge in [0.2, 0.25) is 11.7 Å². The number of hydrogen-bond acceptors (Lipinski definition) is 10. The van der Waals surface area contributed by atoms with Gasteiger partial charge >= 0.3 is 5.97 Å². The van der Waals surface area contributed by atoms with Gasteiger partial charge in [0.25, 0.3) is 0 Å². The number of pyridine rings is 1. The lowest BCUT2D eigenvalue weighted by molar-refractivity contribution is -0.115. The zero-order valence-electron chi connectivity index (χ0n) is 21.2. The first-order chi connectivity index (χ1) is 18.6. The average Bonchev–Trinajstić information content (AvgIpc) is 2.92. The van der Waals surface area contributed by atoms with E-state index in [9.17, 15) is 25.2 Å². The summed E-state index contributed by atoms with van der Waals surface area (Å²) in [5.41, 5.74) is 6.69. The lowest BCUT2D eigenvalue weighted by Crippen LogP contribution is -2.23. The van der Waals surface area contributed by atoms with Gasteiger partial charge in [0.15, 0.2) is 11.5 Å². The molecule has 0 aliphatic rings. The first-order valence-corrected chi connectivity index (χ1v) is 12.3. The van der Waals surface area contributed by atoms with Crippen molar-refractivity contribution in [3.05, 3.63) is 52.0 Å². The summed E-state index contributed by atoms with van der Waals surface area (Å²) in [5, 5.41) is 31.2. The van der Waals surface area contributed by atoms with Crippen molar-refractivity contribution in [2.75, 3.05) is 32.4 Å². The first kappa shape index (κ1) is 28.9. The van der Waals surface area contributed by atoms with Crippen LogP contribution < -0.4 is 25.3 Å². The Morgan fingerprint density at radius 1 is 1.08 bits per heavy atom. The number of aromatic nitrogens is 1. The van der Waals surface area contributed by atoms with Gasteiger partial charge in [-0.15, -0.1) is 0 Å². The van der Waals surface area contributed by atoms with E-state index in [-0.39, 0.29) is 55.3 Å². The van der Waals surface area contributed by atoms with Gasteiger partial charge in [-0.05, 0) is 42.8 Å². The molecule has 1 unspecified atom stereocenters. The summed E-state index contributed by atoms with van der Waals surface area (Å²) < 4.78 is 16.2. The Morgan fingerprint density at radius 2 is 1.69 bits per heavy atom. The predicted octanol–water partition coefficient (Wildman–Crippen LogP) is 4.57. The molecule has 0 saturated carbocycles. The molecule has 0 radical (unpaired) electrons. The number of aromatic carboxylic acids is 1.